The van der Waals surface area contributed by atoms with E-state index in [0.29, 0.717) is 6.04 Å². The second-order valence-corrected chi connectivity index (χ2v) is 5.72. The van der Waals surface area contributed by atoms with Crippen LogP contribution in [-0.4, -0.2) is 20.3 Å². The number of benzene rings is 1. The van der Waals surface area contributed by atoms with Gasteiger partial charge in [0.1, 0.15) is 0 Å². The van der Waals surface area contributed by atoms with Crippen molar-refractivity contribution < 1.29 is 9.47 Å². The van der Waals surface area contributed by atoms with Crippen LogP contribution in [0.25, 0.3) is 0 Å². The number of hydrogen-bond acceptors (Lipinski definition) is 3. The fourth-order valence-electron chi connectivity index (χ4n) is 3.16. The van der Waals surface area contributed by atoms with Crippen LogP contribution < -0.4 is 14.8 Å². The quantitative estimate of drug-likeness (QED) is 0.858. The molecule has 1 fully saturated rings. The zero-order chi connectivity index (χ0) is 14.4. The van der Waals surface area contributed by atoms with Crippen LogP contribution in [0.15, 0.2) is 18.2 Å². The summed E-state index contributed by atoms with van der Waals surface area (Å²) in [7, 11) is 3.38. The van der Waals surface area contributed by atoms with Crippen molar-refractivity contribution in [2.45, 2.75) is 51.6 Å². The minimum Gasteiger partial charge on any atom is -0.493 e. The first kappa shape index (κ1) is 15.2. The van der Waals surface area contributed by atoms with Gasteiger partial charge in [-0.25, -0.2) is 0 Å². The number of methoxy groups -OCH3 is 2. The molecule has 1 atom stereocenters. The van der Waals surface area contributed by atoms with Crippen LogP contribution in [0.5, 0.6) is 11.5 Å². The van der Waals surface area contributed by atoms with Crippen molar-refractivity contribution in [2.24, 2.45) is 5.92 Å². The minimum atomic E-state index is 0.561. The summed E-state index contributed by atoms with van der Waals surface area (Å²) in [6.07, 6.45) is 6.91. The molecule has 2 rings (SSSR count). The Labute approximate surface area is 122 Å². The van der Waals surface area contributed by atoms with Crippen molar-refractivity contribution in [1.82, 2.24) is 5.32 Å². The molecule has 1 saturated carbocycles. The molecular weight excluding hydrogens is 250 g/mol. The van der Waals surface area contributed by atoms with Crippen molar-refractivity contribution in [2.75, 3.05) is 14.2 Å². The smallest absolute Gasteiger partial charge is 0.165 e. The van der Waals surface area contributed by atoms with E-state index in [1.807, 2.05) is 12.1 Å². The molecular formula is C17H27NO2. The summed E-state index contributed by atoms with van der Waals surface area (Å²) in [6, 6.07) is 6.62. The highest BCUT2D eigenvalue weighted by Crippen LogP contribution is 2.31. The Hall–Kier alpha value is -1.22. The van der Waals surface area contributed by atoms with Crippen LogP contribution in [0, 0.1) is 5.92 Å². The Balaban J connectivity index is 1.96. The lowest BCUT2D eigenvalue weighted by atomic mass is 9.84. The van der Waals surface area contributed by atoms with Gasteiger partial charge < -0.3 is 14.8 Å². The SMILES string of the molecule is COc1cccc(CNC(C)C2CCCCC2)c1OC. The zero-order valence-corrected chi connectivity index (χ0v) is 12.9. The van der Waals surface area contributed by atoms with Gasteiger partial charge in [-0.1, -0.05) is 31.4 Å². The Bertz CT molecular complexity index is 413. The zero-order valence-electron chi connectivity index (χ0n) is 12.9. The van der Waals surface area contributed by atoms with E-state index in [9.17, 15) is 0 Å². The molecule has 0 bridgehead atoms. The molecule has 3 nitrogen and oxygen atoms in total. The van der Waals surface area contributed by atoms with Crippen molar-refractivity contribution in [3.63, 3.8) is 0 Å². The Morgan fingerprint density at radius 1 is 1.15 bits per heavy atom. The van der Waals surface area contributed by atoms with Gasteiger partial charge in [0, 0.05) is 18.2 Å². The average molecular weight is 277 g/mol. The second-order valence-electron chi connectivity index (χ2n) is 5.72. The van der Waals surface area contributed by atoms with Crippen molar-refractivity contribution in [1.29, 1.82) is 0 Å². The molecule has 1 aromatic rings. The Morgan fingerprint density at radius 2 is 1.90 bits per heavy atom. The lowest BCUT2D eigenvalue weighted by molar-refractivity contribution is 0.279. The molecule has 1 aliphatic rings. The van der Waals surface area contributed by atoms with Crippen molar-refractivity contribution in [3.8, 4) is 11.5 Å². The number of nitrogens with one attached hydrogen (secondary N) is 1. The van der Waals surface area contributed by atoms with Crippen LogP contribution in [0.1, 0.15) is 44.6 Å². The van der Waals surface area contributed by atoms with Crippen LogP contribution in [-0.2, 0) is 6.54 Å². The molecule has 20 heavy (non-hydrogen) atoms. The molecule has 112 valence electrons. The van der Waals surface area contributed by atoms with E-state index < -0.39 is 0 Å². The highest BCUT2D eigenvalue weighted by molar-refractivity contribution is 5.46. The summed E-state index contributed by atoms with van der Waals surface area (Å²) in [6.45, 7) is 3.14. The molecule has 0 saturated heterocycles. The molecule has 1 unspecified atom stereocenters. The summed E-state index contributed by atoms with van der Waals surface area (Å²) in [4.78, 5) is 0. The number of para-hydroxylation sites is 1. The summed E-state index contributed by atoms with van der Waals surface area (Å²) >= 11 is 0. The maximum absolute atomic E-state index is 5.48. The van der Waals surface area contributed by atoms with E-state index in [2.05, 4.69) is 18.3 Å². The molecule has 0 radical (unpaired) electrons. The maximum Gasteiger partial charge on any atom is 0.165 e. The van der Waals surface area contributed by atoms with E-state index in [0.717, 1.165) is 29.5 Å². The van der Waals surface area contributed by atoms with E-state index in [1.54, 1.807) is 14.2 Å². The predicted molar refractivity (Wildman–Crippen MR) is 82.4 cm³/mol. The first-order valence-corrected chi connectivity index (χ1v) is 7.69. The average Bonchev–Trinajstić information content (AvgIpc) is 2.52. The topological polar surface area (TPSA) is 30.5 Å². The van der Waals surface area contributed by atoms with Crippen molar-refractivity contribution >= 4 is 0 Å². The van der Waals surface area contributed by atoms with E-state index >= 15 is 0 Å². The van der Waals surface area contributed by atoms with Gasteiger partial charge in [-0.05, 0) is 31.7 Å². The number of hydrogen-bond donors (Lipinski definition) is 1. The summed E-state index contributed by atoms with van der Waals surface area (Å²) in [5, 5.41) is 3.66. The van der Waals surface area contributed by atoms with Crippen LogP contribution in [0.2, 0.25) is 0 Å². The lowest BCUT2D eigenvalue weighted by Crippen LogP contribution is -2.34. The third-order valence-electron chi connectivity index (χ3n) is 4.46. The van der Waals surface area contributed by atoms with Crippen LogP contribution in [0.3, 0.4) is 0 Å². The standard InChI is InChI=1S/C17H27NO2/c1-13(14-8-5-4-6-9-14)18-12-15-10-7-11-16(19-2)17(15)20-3/h7,10-11,13-14,18H,4-6,8-9,12H2,1-3H3. The maximum atomic E-state index is 5.48. The van der Waals surface area contributed by atoms with Gasteiger partial charge in [-0.15, -0.1) is 0 Å². The Kier molecular flexibility index (Phi) is 5.72. The highest BCUT2D eigenvalue weighted by atomic mass is 16.5. The number of ether oxygens (including phenoxy) is 2. The molecule has 0 spiro atoms. The van der Waals surface area contributed by atoms with Gasteiger partial charge in [-0.2, -0.15) is 0 Å². The molecule has 0 aliphatic heterocycles. The summed E-state index contributed by atoms with van der Waals surface area (Å²) in [5.41, 5.74) is 1.16. The van der Waals surface area contributed by atoms with Crippen molar-refractivity contribution in [3.05, 3.63) is 23.8 Å². The fourth-order valence-corrected chi connectivity index (χ4v) is 3.16. The third kappa shape index (κ3) is 3.66. The third-order valence-corrected chi connectivity index (χ3v) is 4.46. The van der Waals surface area contributed by atoms with Gasteiger partial charge >= 0.3 is 0 Å². The van der Waals surface area contributed by atoms with E-state index in [-0.39, 0.29) is 0 Å². The van der Waals surface area contributed by atoms with E-state index in [1.165, 1.54) is 32.1 Å². The lowest BCUT2D eigenvalue weighted by Gasteiger charge is -2.28. The van der Waals surface area contributed by atoms with Gasteiger partial charge in [0.05, 0.1) is 14.2 Å². The van der Waals surface area contributed by atoms with Crippen LogP contribution >= 0.6 is 0 Å². The normalized spacial score (nSPS) is 17.8. The second kappa shape index (κ2) is 7.53. The Morgan fingerprint density at radius 3 is 2.55 bits per heavy atom. The predicted octanol–water partition coefficient (Wildman–Crippen LogP) is 3.76. The summed E-state index contributed by atoms with van der Waals surface area (Å²) in [5.74, 6) is 2.47. The molecule has 1 aromatic carbocycles. The molecule has 3 heteroatoms. The van der Waals surface area contributed by atoms with Gasteiger partial charge in [0.15, 0.2) is 11.5 Å². The first-order chi connectivity index (χ1) is 9.76. The van der Waals surface area contributed by atoms with Gasteiger partial charge in [-0.3, -0.25) is 0 Å². The number of rotatable bonds is 6. The molecule has 0 heterocycles. The minimum absolute atomic E-state index is 0.561. The van der Waals surface area contributed by atoms with Gasteiger partial charge in [0.2, 0.25) is 0 Å². The molecule has 0 amide bonds. The fraction of sp³-hybridized carbons (Fsp3) is 0.647. The summed E-state index contributed by atoms with van der Waals surface area (Å²) < 4.78 is 10.8. The largest absolute Gasteiger partial charge is 0.493 e. The molecule has 0 aromatic heterocycles. The van der Waals surface area contributed by atoms with Crippen LogP contribution in [0.4, 0.5) is 0 Å². The first-order valence-electron chi connectivity index (χ1n) is 7.69. The molecule has 1 N–H and O–H groups in total. The monoisotopic (exact) mass is 277 g/mol. The van der Waals surface area contributed by atoms with Gasteiger partial charge in [0.25, 0.3) is 0 Å². The van der Waals surface area contributed by atoms with E-state index in [4.69, 9.17) is 9.47 Å². The highest BCUT2D eigenvalue weighted by Gasteiger charge is 2.20. The molecule has 1 aliphatic carbocycles.